The van der Waals surface area contributed by atoms with E-state index in [4.69, 9.17) is 11.6 Å². The third-order valence-corrected chi connectivity index (χ3v) is 4.94. The second kappa shape index (κ2) is 7.37. The number of aryl methyl sites for hydroxylation is 1. The van der Waals surface area contributed by atoms with E-state index < -0.39 is 0 Å². The minimum absolute atomic E-state index is 0.0513. The molecule has 0 amide bonds. The van der Waals surface area contributed by atoms with Gasteiger partial charge in [-0.1, -0.05) is 54.1 Å². The van der Waals surface area contributed by atoms with E-state index in [1.807, 2.05) is 16.8 Å². The van der Waals surface area contributed by atoms with Gasteiger partial charge in [0.2, 0.25) is 0 Å². The highest BCUT2D eigenvalue weighted by atomic mass is 35.5. The van der Waals surface area contributed by atoms with Crippen LogP contribution in [0.5, 0.6) is 0 Å². The lowest BCUT2D eigenvalue weighted by atomic mass is 10.1. The minimum Gasteiger partial charge on any atom is -0.339 e. The maximum atomic E-state index is 12.6. The van der Waals surface area contributed by atoms with Crippen molar-refractivity contribution in [1.82, 2.24) is 4.57 Å². The summed E-state index contributed by atoms with van der Waals surface area (Å²) in [5.41, 5.74) is 4.14. The number of Topliss-reactive ketones (excluding diaryl/α,β-unsaturated/α-hetero) is 1. The van der Waals surface area contributed by atoms with Crippen molar-refractivity contribution < 1.29 is 9.36 Å². The molecule has 134 valence electrons. The van der Waals surface area contributed by atoms with Crippen molar-refractivity contribution in [3.63, 3.8) is 0 Å². The molecular formula is C23H20ClN2O+. The zero-order chi connectivity index (χ0) is 18.8. The quantitative estimate of drug-likeness (QED) is 0.362. The number of rotatable bonds is 5. The van der Waals surface area contributed by atoms with Crippen LogP contribution in [0.4, 0.5) is 0 Å². The number of halogens is 1. The van der Waals surface area contributed by atoms with Gasteiger partial charge in [-0.2, -0.15) is 4.57 Å². The minimum atomic E-state index is 0.0513. The third kappa shape index (κ3) is 3.79. The summed E-state index contributed by atoms with van der Waals surface area (Å²) in [7, 11) is 0. The van der Waals surface area contributed by atoms with E-state index in [1.165, 1.54) is 5.56 Å². The SMILES string of the molecule is Cc1c[n+](Cc2ccccc2)cc2ccn(CC(=O)c3cccc(Cl)c3)c12. The van der Waals surface area contributed by atoms with E-state index >= 15 is 0 Å². The first kappa shape index (κ1) is 17.5. The van der Waals surface area contributed by atoms with Crippen LogP contribution >= 0.6 is 11.6 Å². The average Bonchev–Trinajstić information content (AvgIpc) is 3.05. The largest absolute Gasteiger partial charge is 0.339 e. The molecule has 27 heavy (non-hydrogen) atoms. The van der Waals surface area contributed by atoms with E-state index in [0.29, 0.717) is 17.1 Å². The van der Waals surface area contributed by atoms with Crippen LogP contribution in [0.2, 0.25) is 5.02 Å². The lowest BCUT2D eigenvalue weighted by molar-refractivity contribution is -0.687. The second-order valence-corrected chi connectivity index (χ2v) is 7.22. The maximum absolute atomic E-state index is 12.6. The summed E-state index contributed by atoms with van der Waals surface area (Å²) in [4.78, 5) is 12.6. The predicted molar refractivity (Wildman–Crippen MR) is 108 cm³/mol. The van der Waals surface area contributed by atoms with Crippen LogP contribution in [-0.4, -0.2) is 10.4 Å². The number of aromatic nitrogens is 2. The summed E-state index contributed by atoms with van der Waals surface area (Å²) in [5, 5.41) is 1.71. The van der Waals surface area contributed by atoms with E-state index in [2.05, 4.69) is 54.2 Å². The van der Waals surface area contributed by atoms with Gasteiger partial charge in [0.1, 0.15) is 0 Å². The van der Waals surface area contributed by atoms with Crippen molar-refractivity contribution in [2.24, 2.45) is 0 Å². The molecule has 0 N–H and O–H groups in total. The number of hydrogen-bond donors (Lipinski definition) is 0. The highest BCUT2D eigenvalue weighted by molar-refractivity contribution is 6.31. The number of carbonyl (C=O) groups excluding carboxylic acids is 1. The van der Waals surface area contributed by atoms with E-state index in [9.17, 15) is 4.79 Å². The van der Waals surface area contributed by atoms with Crippen molar-refractivity contribution >= 4 is 28.3 Å². The molecule has 3 nitrogen and oxygen atoms in total. The molecule has 0 radical (unpaired) electrons. The molecule has 2 aromatic carbocycles. The van der Waals surface area contributed by atoms with Gasteiger partial charge < -0.3 is 4.57 Å². The molecule has 4 aromatic rings. The molecule has 0 aliphatic carbocycles. The Bertz CT molecular complexity index is 1120. The Morgan fingerprint density at radius 1 is 1.04 bits per heavy atom. The van der Waals surface area contributed by atoms with Gasteiger partial charge in [-0.05, 0) is 25.1 Å². The Labute approximate surface area is 163 Å². The molecule has 2 heterocycles. The first-order valence-electron chi connectivity index (χ1n) is 8.91. The van der Waals surface area contributed by atoms with Crippen molar-refractivity contribution in [2.45, 2.75) is 20.0 Å². The smallest absolute Gasteiger partial charge is 0.182 e. The standard InChI is InChI=1S/C23H20ClN2O/c1-17-13-25(14-18-6-3-2-4-7-18)15-20-10-11-26(23(17)20)16-22(27)19-8-5-9-21(24)12-19/h2-13,15H,14,16H2,1H3/q+1. The van der Waals surface area contributed by atoms with Gasteiger partial charge in [0.15, 0.2) is 24.7 Å². The maximum Gasteiger partial charge on any atom is 0.182 e. The van der Waals surface area contributed by atoms with Crippen LogP contribution < -0.4 is 4.57 Å². The van der Waals surface area contributed by atoms with Crippen LogP contribution in [0.25, 0.3) is 10.9 Å². The van der Waals surface area contributed by atoms with Crippen LogP contribution in [-0.2, 0) is 13.1 Å². The first-order chi connectivity index (χ1) is 13.1. The zero-order valence-electron chi connectivity index (χ0n) is 15.1. The number of ketones is 1. The lowest BCUT2D eigenvalue weighted by Gasteiger charge is -2.07. The van der Waals surface area contributed by atoms with Crippen LogP contribution in [0.3, 0.4) is 0 Å². The van der Waals surface area contributed by atoms with E-state index in [-0.39, 0.29) is 5.78 Å². The molecule has 0 unspecified atom stereocenters. The van der Waals surface area contributed by atoms with Crippen molar-refractivity contribution in [3.8, 4) is 0 Å². The van der Waals surface area contributed by atoms with Crippen molar-refractivity contribution in [1.29, 1.82) is 0 Å². The number of fused-ring (bicyclic) bond motifs is 1. The van der Waals surface area contributed by atoms with Crippen molar-refractivity contribution in [3.05, 3.63) is 101 Å². The number of benzene rings is 2. The van der Waals surface area contributed by atoms with Gasteiger partial charge in [0.25, 0.3) is 0 Å². The Balaban J connectivity index is 1.62. The Morgan fingerprint density at radius 3 is 2.63 bits per heavy atom. The highest BCUT2D eigenvalue weighted by Crippen LogP contribution is 2.19. The molecule has 0 bridgehead atoms. The van der Waals surface area contributed by atoms with Gasteiger partial charge in [-0.15, -0.1) is 0 Å². The summed E-state index contributed by atoms with van der Waals surface area (Å²) >= 11 is 6.01. The molecular weight excluding hydrogens is 356 g/mol. The molecule has 0 aliphatic heterocycles. The fourth-order valence-electron chi connectivity index (χ4n) is 3.50. The fraction of sp³-hybridized carbons (Fsp3) is 0.130. The molecule has 0 saturated carbocycles. The van der Waals surface area contributed by atoms with E-state index in [0.717, 1.165) is 23.0 Å². The number of hydrogen-bond acceptors (Lipinski definition) is 1. The summed E-state index contributed by atoms with van der Waals surface area (Å²) in [5.74, 6) is 0.0513. The average molecular weight is 376 g/mol. The summed E-state index contributed by atoms with van der Waals surface area (Å²) in [6.07, 6.45) is 6.25. The Hall–Kier alpha value is -2.91. The Morgan fingerprint density at radius 2 is 1.85 bits per heavy atom. The highest BCUT2D eigenvalue weighted by Gasteiger charge is 2.14. The second-order valence-electron chi connectivity index (χ2n) is 6.78. The van der Waals surface area contributed by atoms with Gasteiger partial charge in [-0.3, -0.25) is 4.79 Å². The summed E-state index contributed by atoms with van der Waals surface area (Å²) in [6, 6.07) is 19.6. The summed E-state index contributed by atoms with van der Waals surface area (Å²) < 4.78 is 4.21. The molecule has 0 atom stereocenters. The monoisotopic (exact) mass is 375 g/mol. The molecule has 2 aromatic heterocycles. The first-order valence-corrected chi connectivity index (χ1v) is 9.29. The normalized spacial score (nSPS) is 11.0. The van der Waals surface area contributed by atoms with E-state index in [1.54, 1.807) is 24.3 Å². The number of nitrogens with zero attached hydrogens (tertiary/aromatic N) is 2. The van der Waals surface area contributed by atoms with Crippen LogP contribution in [0, 0.1) is 6.92 Å². The van der Waals surface area contributed by atoms with Gasteiger partial charge >= 0.3 is 0 Å². The van der Waals surface area contributed by atoms with Gasteiger partial charge in [0, 0.05) is 27.9 Å². The zero-order valence-corrected chi connectivity index (χ0v) is 15.9. The number of pyridine rings is 1. The lowest BCUT2D eigenvalue weighted by Crippen LogP contribution is -2.34. The number of carbonyl (C=O) groups is 1. The van der Waals surface area contributed by atoms with Crippen LogP contribution in [0.15, 0.2) is 79.3 Å². The Kier molecular flexibility index (Phi) is 4.78. The van der Waals surface area contributed by atoms with Crippen molar-refractivity contribution in [2.75, 3.05) is 0 Å². The summed E-state index contributed by atoms with van der Waals surface area (Å²) in [6.45, 7) is 3.21. The fourth-order valence-corrected chi connectivity index (χ4v) is 3.69. The molecule has 0 aliphatic rings. The predicted octanol–water partition coefficient (Wildman–Crippen LogP) is 4.82. The van der Waals surface area contributed by atoms with Gasteiger partial charge in [0.05, 0.1) is 17.4 Å². The molecule has 0 spiro atoms. The van der Waals surface area contributed by atoms with Crippen LogP contribution in [0.1, 0.15) is 21.5 Å². The molecule has 0 saturated heterocycles. The molecule has 0 fully saturated rings. The molecule has 4 heteroatoms. The molecule has 4 rings (SSSR count). The third-order valence-electron chi connectivity index (χ3n) is 4.70. The topological polar surface area (TPSA) is 25.9 Å². The van der Waals surface area contributed by atoms with Gasteiger partial charge in [-0.25, -0.2) is 0 Å².